The number of furan rings is 1. The number of fused-ring (bicyclic) bond motifs is 1. The fourth-order valence-electron chi connectivity index (χ4n) is 2.17. The number of rotatable bonds is 4. The van der Waals surface area contributed by atoms with Crippen LogP contribution in [0.4, 0.5) is 0 Å². The van der Waals surface area contributed by atoms with E-state index in [1.165, 1.54) is 0 Å². The van der Waals surface area contributed by atoms with Gasteiger partial charge in [-0.2, -0.15) is 5.10 Å². The van der Waals surface area contributed by atoms with E-state index in [1.807, 2.05) is 48.0 Å². The summed E-state index contributed by atoms with van der Waals surface area (Å²) >= 11 is 3.39. The van der Waals surface area contributed by atoms with Crippen molar-refractivity contribution in [3.63, 3.8) is 0 Å². The molecule has 2 aromatic heterocycles. The molecule has 0 unspecified atom stereocenters. The van der Waals surface area contributed by atoms with E-state index in [0.717, 1.165) is 22.1 Å². The summed E-state index contributed by atoms with van der Waals surface area (Å²) in [4.78, 5) is 12.0. The monoisotopic (exact) mass is 359 g/mol. The first-order chi connectivity index (χ1) is 10.7. The topological polar surface area (TPSA) is 59.5 Å². The van der Waals surface area contributed by atoms with Crippen LogP contribution in [0.15, 0.2) is 56.6 Å². The van der Waals surface area contributed by atoms with Crippen molar-refractivity contribution in [3.05, 3.63) is 58.5 Å². The van der Waals surface area contributed by atoms with Gasteiger partial charge < -0.3 is 8.98 Å². The average Bonchev–Trinajstić information content (AvgIpc) is 3.12. The van der Waals surface area contributed by atoms with Gasteiger partial charge in [-0.1, -0.05) is 15.9 Å². The number of carbonyl (C=O) groups is 1. The highest BCUT2D eigenvalue weighted by Gasteiger charge is 2.11. The second kappa shape index (κ2) is 6.19. The van der Waals surface area contributed by atoms with Gasteiger partial charge in [-0.3, -0.25) is 4.79 Å². The molecule has 6 heteroatoms. The van der Waals surface area contributed by atoms with Crippen LogP contribution < -0.4 is 5.43 Å². The summed E-state index contributed by atoms with van der Waals surface area (Å²) in [6.07, 6.45) is 3.57. The summed E-state index contributed by atoms with van der Waals surface area (Å²) in [5.74, 6) is -0.144. The van der Waals surface area contributed by atoms with Gasteiger partial charge >= 0.3 is 5.91 Å². The van der Waals surface area contributed by atoms with E-state index >= 15 is 0 Å². The van der Waals surface area contributed by atoms with Crippen LogP contribution in [-0.4, -0.2) is 16.7 Å². The van der Waals surface area contributed by atoms with Crippen molar-refractivity contribution in [2.24, 2.45) is 5.10 Å². The molecule has 3 rings (SSSR count). The molecule has 1 aromatic carbocycles. The Hall–Kier alpha value is -2.34. The molecule has 0 spiro atoms. The minimum Gasteiger partial charge on any atom is -0.451 e. The molecule has 2 heterocycles. The van der Waals surface area contributed by atoms with E-state index in [4.69, 9.17) is 4.42 Å². The molecule has 1 amide bonds. The second-order valence-electron chi connectivity index (χ2n) is 4.71. The predicted octanol–water partition coefficient (Wildman–Crippen LogP) is 3.78. The molecule has 5 nitrogen and oxygen atoms in total. The number of aromatic nitrogens is 1. The predicted molar refractivity (Wildman–Crippen MR) is 89.1 cm³/mol. The van der Waals surface area contributed by atoms with E-state index in [-0.39, 0.29) is 11.7 Å². The molecule has 3 aromatic rings. The molecule has 22 heavy (non-hydrogen) atoms. The number of benzene rings is 1. The number of halogens is 1. The van der Waals surface area contributed by atoms with Crippen LogP contribution in [0.1, 0.15) is 23.2 Å². The van der Waals surface area contributed by atoms with Gasteiger partial charge in [-0.15, -0.1) is 0 Å². The first-order valence-electron chi connectivity index (χ1n) is 6.85. The number of nitrogens with zero attached hydrogens (tertiary/aromatic N) is 2. The lowest BCUT2D eigenvalue weighted by Gasteiger charge is -2.00. The maximum atomic E-state index is 12.0. The zero-order chi connectivity index (χ0) is 15.5. The van der Waals surface area contributed by atoms with Gasteiger partial charge in [-0.05, 0) is 43.3 Å². The van der Waals surface area contributed by atoms with Crippen molar-refractivity contribution in [3.8, 4) is 0 Å². The summed E-state index contributed by atoms with van der Waals surface area (Å²) in [7, 11) is 0. The van der Waals surface area contributed by atoms with Gasteiger partial charge in [-0.25, -0.2) is 5.43 Å². The molecule has 112 valence electrons. The average molecular weight is 360 g/mol. The van der Waals surface area contributed by atoms with Crippen molar-refractivity contribution in [2.75, 3.05) is 0 Å². The van der Waals surface area contributed by atoms with Crippen molar-refractivity contribution in [1.82, 2.24) is 9.99 Å². The smallest absolute Gasteiger partial charge is 0.307 e. The normalized spacial score (nSPS) is 11.4. The largest absolute Gasteiger partial charge is 0.451 e. The zero-order valence-corrected chi connectivity index (χ0v) is 13.5. The van der Waals surface area contributed by atoms with Gasteiger partial charge in [0.05, 0.1) is 11.9 Å². The van der Waals surface area contributed by atoms with E-state index in [2.05, 4.69) is 26.5 Å². The minimum atomic E-state index is -0.377. The van der Waals surface area contributed by atoms with Crippen LogP contribution in [-0.2, 0) is 6.54 Å². The van der Waals surface area contributed by atoms with Crippen molar-refractivity contribution in [1.29, 1.82) is 0 Å². The van der Waals surface area contributed by atoms with Crippen molar-refractivity contribution in [2.45, 2.75) is 13.5 Å². The number of aryl methyl sites for hydroxylation is 1. The number of nitrogens with one attached hydrogen (secondary N) is 1. The number of carbonyl (C=O) groups excluding carboxylic acids is 1. The van der Waals surface area contributed by atoms with Gasteiger partial charge in [0.2, 0.25) is 0 Å². The van der Waals surface area contributed by atoms with Gasteiger partial charge in [0.1, 0.15) is 5.58 Å². The maximum Gasteiger partial charge on any atom is 0.307 e. The lowest BCUT2D eigenvalue weighted by atomic mass is 10.2. The zero-order valence-electron chi connectivity index (χ0n) is 11.9. The van der Waals surface area contributed by atoms with Crippen molar-refractivity contribution < 1.29 is 9.21 Å². The highest BCUT2D eigenvalue weighted by Crippen LogP contribution is 2.23. The summed E-state index contributed by atoms with van der Waals surface area (Å²) in [5, 5.41) is 4.84. The molecule has 0 radical (unpaired) electrons. The molecular formula is C16H14BrN3O2. The lowest BCUT2D eigenvalue weighted by Crippen LogP contribution is -2.17. The van der Waals surface area contributed by atoms with E-state index in [1.54, 1.807) is 12.3 Å². The Balaban J connectivity index is 1.73. The van der Waals surface area contributed by atoms with Gasteiger partial charge in [0.25, 0.3) is 0 Å². The SMILES string of the molecule is CCn1cccc1/C=N/NC(=O)c1cc2cc(Br)ccc2o1. The minimum absolute atomic E-state index is 0.233. The number of hydrogen-bond donors (Lipinski definition) is 1. The van der Waals surface area contributed by atoms with Crippen molar-refractivity contribution >= 4 is 39.0 Å². The molecule has 0 aliphatic heterocycles. The summed E-state index contributed by atoms with van der Waals surface area (Å²) < 4.78 is 8.46. The lowest BCUT2D eigenvalue weighted by molar-refractivity contribution is 0.0929. The fraction of sp³-hybridized carbons (Fsp3) is 0.125. The van der Waals surface area contributed by atoms with E-state index < -0.39 is 0 Å². The Kier molecular flexibility index (Phi) is 4.11. The molecular weight excluding hydrogens is 346 g/mol. The van der Waals surface area contributed by atoms with Crippen LogP contribution in [0.5, 0.6) is 0 Å². The third kappa shape index (κ3) is 2.96. The number of amides is 1. The summed E-state index contributed by atoms with van der Waals surface area (Å²) in [6.45, 7) is 2.89. The molecule has 0 aliphatic carbocycles. The molecule has 0 aliphatic rings. The summed E-state index contributed by atoms with van der Waals surface area (Å²) in [5.41, 5.74) is 4.07. The third-order valence-corrected chi connectivity index (χ3v) is 3.76. The number of hydrogen-bond acceptors (Lipinski definition) is 3. The maximum absolute atomic E-state index is 12.0. The highest BCUT2D eigenvalue weighted by atomic mass is 79.9. The first kappa shape index (κ1) is 14.6. The molecule has 1 N–H and O–H groups in total. The van der Waals surface area contributed by atoms with E-state index in [9.17, 15) is 4.79 Å². The molecule has 0 saturated carbocycles. The van der Waals surface area contributed by atoms with Gasteiger partial charge in [0, 0.05) is 22.6 Å². The van der Waals surface area contributed by atoms with Gasteiger partial charge in [0.15, 0.2) is 5.76 Å². The Bertz CT molecular complexity index is 848. The molecule has 0 fully saturated rings. The molecule has 0 atom stereocenters. The van der Waals surface area contributed by atoms with Crippen LogP contribution >= 0.6 is 15.9 Å². The highest BCUT2D eigenvalue weighted by molar-refractivity contribution is 9.10. The van der Waals surface area contributed by atoms with Crippen LogP contribution in [0.25, 0.3) is 11.0 Å². The Morgan fingerprint density at radius 1 is 1.41 bits per heavy atom. The number of hydrazone groups is 1. The van der Waals surface area contributed by atoms with E-state index in [0.29, 0.717) is 5.58 Å². The quantitative estimate of drug-likeness (QED) is 0.569. The van der Waals surface area contributed by atoms with Crippen LogP contribution in [0.2, 0.25) is 0 Å². The molecule has 0 saturated heterocycles. The first-order valence-corrected chi connectivity index (χ1v) is 7.64. The summed E-state index contributed by atoms with van der Waals surface area (Å²) in [6, 6.07) is 11.1. The third-order valence-electron chi connectivity index (χ3n) is 3.27. The van der Waals surface area contributed by atoms with Crippen LogP contribution in [0.3, 0.4) is 0 Å². The Morgan fingerprint density at radius 3 is 3.09 bits per heavy atom. The van der Waals surface area contributed by atoms with Crippen LogP contribution in [0, 0.1) is 0 Å². The Morgan fingerprint density at radius 2 is 2.27 bits per heavy atom. The standard InChI is InChI=1S/C16H14BrN3O2/c1-2-20-7-3-4-13(20)10-18-19-16(21)15-9-11-8-12(17)5-6-14(11)22-15/h3-10H,2H2,1H3,(H,19,21)/b18-10+. The second-order valence-corrected chi connectivity index (χ2v) is 5.63. The fourth-order valence-corrected chi connectivity index (χ4v) is 2.55. The molecule has 0 bridgehead atoms. The Labute approximate surface area is 135 Å².